The van der Waals surface area contributed by atoms with Crippen LogP contribution in [0.25, 0.3) is 10.8 Å². The van der Waals surface area contributed by atoms with Crippen molar-refractivity contribution in [2.75, 3.05) is 0 Å². The molecule has 4 aromatic rings. The lowest BCUT2D eigenvalue weighted by atomic mass is 10.2. The Kier molecular flexibility index (Phi) is 4.08. The highest BCUT2D eigenvalue weighted by atomic mass is 35.5. The summed E-state index contributed by atoms with van der Waals surface area (Å²) in [5, 5.41) is 12.6. The van der Waals surface area contributed by atoms with Crippen molar-refractivity contribution in [1.29, 1.82) is 0 Å². The molecule has 1 N–H and O–H groups in total. The minimum Gasteiger partial charge on any atom is -0.494 e. The van der Waals surface area contributed by atoms with Crippen molar-refractivity contribution in [2.24, 2.45) is 0 Å². The van der Waals surface area contributed by atoms with Gasteiger partial charge in [-0.05, 0) is 35.9 Å². The number of rotatable bonds is 4. The van der Waals surface area contributed by atoms with Crippen LogP contribution in [0.15, 0.2) is 79.0 Å². The molecule has 0 saturated heterocycles. The zero-order chi connectivity index (χ0) is 17.2. The highest BCUT2D eigenvalue weighted by molar-refractivity contribution is 6.36. The highest BCUT2D eigenvalue weighted by Gasteiger charge is 2.11. The Bertz CT molecular complexity index is 1010. The maximum Gasteiger partial charge on any atom is 0.200 e. The van der Waals surface area contributed by atoms with Gasteiger partial charge in [0, 0.05) is 11.6 Å². The van der Waals surface area contributed by atoms with E-state index in [1.807, 2.05) is 72.9 Å². The van der Waals surface area contributed by atoms with Gasteiger partial charge in [-0.25, -0.2) is 0 Å². The van der Waals surface area contributed by atoms with E-state index in [0.717, 1.165) is 22.4 Å². The van der Waals surface area contributed by atoms with E-state index >= 15 is 0 Å². The van der Waals surface area contributed by atoms with Crippen LogP contribution in [0.5, 0.6) is 17.4 Å². The summed E-state index contributed by atoms with van der Waals surface area (Å²) in [6.07, 6.45) is 1.91. The summed E-state index contributed by atoms with van der Waals surface area (Å²) in [7, 11) is 0. The Labute approximate surface area is 150 Å². The molecule has 25 heavy (non-hydrogen) atoms. The molecule has 3 aromatic carbocycles. The number of hydrogen-bond donors (Lipinski definition) is 1. The molecule has 1 aromatic heterocycles. The number of hydrogen-bond acceptors (Lipinski definition) is 2. The second kappa shape index (κ2) is 6.54. The van der Waals surface area contributed by atoms with Gasteiger partial charge in [0.1, 0.15) is 11.5 Å². The molecular weight excluding hydrogens is 334 g/mol. The summed E-state index contributed by atoms with van der Waals surface area (Å²) in [6.45, 7) is 0.558. The Balaban J connectivity index is 1.55. The lowest BCUT2D eigenvalue weighted by molar-refractivity contribution is 0.430. The van der Waals surface area contributed by atoms with E-state index in [0.29, 0.717) is 17.0 Å². The van der Waals surface area contributed by atoms with Crippen molar-refractivity contribution < 1.29 is 9.84 Å². The molecule has 4 rings (SSSR count). The van der Waals surface area contributed by atoms with Gasteiger partial charge in [0.15, 0.2) is 0 Å². The van der Waals surface area contributed by atoms with Gasteiger partial charge in [-0.15, -0.1) is 0 Å². The first-order valence-electron chi connectivity index (χ1n) is 7.99. The van der Waals surface area contributed by atoms with E-state index in [2.05, 4.69) is 0 Å². The molecule has 3 nitrogen and oxygen atoms in total. The van der Waals surface area contributed by atoms with E-state index in [1.165, 1.54) is 0 Å². The van der Waals surface area contributed by atoms with Crippen LogP contribution in [0.4, 0.5) is 0 Å². The Morgan fingerprint density at radius 1 is 0.840 bits per heavy atom. The molecule has 0 aliphatic carbocycles. The molecule has 0 aliphatic rings. The standard InChI is InChI=1S/C21H16ClNO2/c22-19-8-4-5-16-14-23(21(24)20(16)19)13-15-9-11-18(12-10-15)25-17-6-2-1-3-7-17/h1-12,14,24H,13H2. The van der Waals surface area contributed by atoms with E-state index in [9.17, 15) is 5.11 Å². The summed E-state index contributed by atoms with van der Waals surface area (Å²) in [4.78, 5) is 0. The van der Waals surface area contributed by atoms with Gasteiger partial charge >= 0.3 is 0 Å². The SMILES string of the molecule is Oc1c2c(Cl)cccc2cn1Cc1ccc(Oc2ccccc2)cc1. The summed E-state index contributed by atoms with van der Waals surface area (Å²) < 4.78 is 7.59. The first-order valence-corrected chi connectivity index (χ1v) is 8.37. The molecule has 0 spiro atoms. The Hall–Kier alpha value is -2.91. The first kappa shape index (κ1) is 15.6. The number of benzene rings is 3. The molecule has 1 heterocycles. The predicted octanol–water partition coefficient (Wildman–Crippen LogP) is 5.84. The lowest BCUT2D eigenvalue weighted by Gasteiger charge is -2.08. The summed E-state index contributed by atoms with van der Waals surface area (Å²) in [6, 6.07) is 23.1. The lowest BCUT2D eigenvalue weighted by Crippen LogP contribution is -1.97. The third-order valence-corrected chi connectivity index (χ3v) is 4.41. The van der Waals surface area contributed by atoms with Crippen molar-refractivity contribution in [1.82, 2.24) is 4.57 Å². The van der Waals surface area contributed by atoms with Crippen molar-refractivity contribution in [3.05, 3.63) is 89.6 Å². The maximum atomic E-state index is 10.4. The number of aromatic hydroxyl groups is 1. The molecule has 4 heteroatoms. The van der Waals surface area contributed by atoms with Gasteiger partial charge in [-0.3, -0.25) is 0 Å². The van der Waals surface area contributed by atoms with E-state index < -0.39 is 0 Å². The molecule has 0 amide bonds. The average molecular weight is 350 g/mol. The predicted molar refractivity (Wildman–Crippen MR) is 101 cm³/mol. The fourth-order valence-corrected chi connectivity index (χ4v) is 3.13. The fraction of sp³-hybridized carbons (Fsp3) is 0.0476. The van der Waals surface area contributed by atoms with Crippen LogP contribution in [0.2, 0.25) is 5.02 Å². The molecule has 0 saturated carbocycles. The topological polar surface area (TPSA) is 34.4 Å². The van der Waals surface area contributed by atoms with Crippen molar-refractivity contribution in [3.63, 3.8) is 0 Å². The molecule has 0 bridgehead atoms. The monoisotopic (exact) mass is 349 g/mol. The number of halogens is 1. The third kappa shape index (κ3) is 3.19. The normalized spacial score (nSPS) is 10.9. The van der Waals surface area contributed by atoms with E-state index in [1.54, 1.807) is 10.6 Å². The Morgan fingerprint density at radius 3 is 2.28 bits per heavy atom. The Morgan fingerprint density at radius 2 is 1.56 bits per heavy atom. The van der Waals surface area contributed by atoms with Crippen LogP contribution >= 0.6 is 11.6 Å². The molecule has 0 radical (unpaired) electrons. The highest BCUT2D eigenvalue weighted by Crippen LogP contribution is 2.33. The van der Waals surface area contributed by atoms with Crippen LogP contribution < -0.4 is 4.74 Å². The number of ether oxygens (including phenoxy) is 1. The number of nitrogens with zero attached hydrogens (tertiary/aromatic N) is 1. The van der Waals surface area contributed by atoms with Gasteiger partial charge in [-0.2, -0.15) is 0 Å². The largest absolute Gasteiger partial charge is 0.494 e. The number of fused-ring (bicyclic) bond motifs is 1. The molecular formula is C21H16ClNO2. The number of aromatic nitrogens is 1. The maximum absolute atomic E-state index is 10.4. The molecule has 0 fully saturated rings. The van der Waals surface area contributed by atoms with Crippen LogP contribution in [-0.4, -0.2) is 9.67 Å². The smallest absolute Gasteiger partial charge is 0.200 e. The third-order valence-electron chi connectivity index (χ3n) is 4.09. The average Bonchev–Trinajstić information content (AvgIpc) is 2.95. The van der Waals surface area contributed by atoms with Crippen LogP contribution in [0.3, 0.4) is 0 Å². The summed E-state index contributed by atoms with van der Waals surface area (Å²) >= 11 is 6.19. The van der Waals surface area contributed by atoms with E-state index in [-0.39, 0.29) is 5.88 Å². The van der Waals surface area contributed by atoms with Gasteiger partial charge < -0.3 is 14.4 Å². The van der Waals surface area contributed by atoms with Gasteiger partial charge in [0.25, 0.3) is 0 Å². The number of para-hydroxylation sites is 1. The van der Waals surface area contributed by atoms with Crippen molar-refractivity contribution in [3.8, 4) is 17.4 Å². The second-order valence-electron chi connectivity index (χ2n) is 5.84. The van der Waals surface area contributed by atoms with E-state index in [4.69, 9.17) is 16.3 Å². The molecule has 0 atom stereocenters. The quantitative estimate of drug-likeness (QED) is 0.502. The molecule has 124 valence electrons. The van der Waals surface area contributed by atoms with Crippen molar-refractivity contribution in [2.45, 2.75) is 6.54 Å². The van der Waals surface area contributed by atoms with Gasteiger partial charge in [0.05, 0.1) is 17.0 Å². The summed E-state index contributed by atoms with van der Waals surface area (Å²) in [5.74, 6) is 1.77. The van der Waals surface area contributed by atoms with Gasteiger partial charge in [0.2, 0.25) is 5.88 Å². The van der Waals surface area contributed by atoms with Crippen LogP contribution in [-0.2, 0) is 6.54 Å². The summed E-state index contributed by atoms with van der Waals surface area (Å²) in [5.41, 5.74) is 1.06. The zero-order valence-corrected chi connectivity index (χ0v) is 14.1. The zero-order valence-electron chi connectivity index (χ0n) is 13.4. The van der Waals surface area contributed by atoms with Crippen LogP contribution in [0, 0.1) is 0 Å². The molecule has 0 aliphatic heterocycles. The first-order chi connectivity index (χ1) is 12.2. The second-order valence-corrected chi connectivity index (χ2v) is 6.25. The van der Waals surface area contributed by atoms with Crippen LogP contribution in [0.1, 0.15) is 5.56 Å². The minimum atomic E-state index is 0.185. The van der Waals surface area contributed by atoms with Crippen molar-refractivity contribution >= 4 is 22.4 Å². The minimum absolute atomic E-state index is 0.185. The fourth-order valence-electron chi connectivity index (χ4n) is 2.86. The van der Waals surface area contributed by atoms with Gasteiger partial charge in [-0.1, -0.05) is 54.1 Å². The molecule has 0 unspecified atom stereocenters.